The Kier molecular flexibility index (Phi) is 5.99. The Morgan fingerprint density at radius 2 is 1.88 bits per heavy atom. The van der Waals surface area contributed by atoms with Gasteiger partial charge in [-0.15, -0.1) is 0 Å². The predicted molar refractivity (Wildman–Crippen MR) is 115 cm³/mol. The van der Waals surface area contributed by atoms with Crippen molar-refractivity contribution in [1.82, 2.24) is 19.9 Å². The fourth-order valence-electron chi connectivity index (χ4n) is 3.98. The fourth-order valence-corrected chi connectivity index (χ4v) is 3.98. The van der Waals surface area contributed by atoms with Crippen LogP contribution in [0.15, 0.2) is 12.4 Å². The van der Waals surface area contributed by atoms with Gasteiger partial charge >= 0.3 is 6.18 Å². The summed E-state index contributed by atoms with van der Waals surface area (Å²) in [6.45, 7) is 3.62. The molecule has 1 fully saturated rings. The predicted octanol–water partition coefficient (Wildman–Crippen LogP) is 2.44. The van der Waals surface area contributed by atoms with Crippen LogP contribution >= 0.6 is 0 Å². The summed E-state index contributed by atoms with van der Waals surface area (Å²) < 4.78 is 43.2. The second kappa shape index (κ2) is 8.61. The van der Waals surface area contributed by atoms with E-state index < -0.39 is 17.9 Å². The van der Waals surface area contributed by atoms with Crippen molar-refractivity contribution in [3.8, 4) is 0 Å². The van der Waals surface area contributed by atoms with Crippen molar-refractivity contribution in [3.05, 3.63) is 23.8 Å². The smallest absolute Gasteiger partial charge is 0.379 e. The molecule has 4 rings (SSSR count). The molecule has 2 aromatic rings. The van der Waals surface area contributed by atoms with Crippen LogP contribution in [0.25, 0.3) is 0 Å². The molecule has 1 aliphatic carbocycles. The zero-order valence-electron chi connectivity index (χ0n) is 18.6. The SMILES string of the molecule is CO[C@H](C)[C@H]1C(=O)Nc2c(C)nc(N[C@H]3C[C@@H](Nc4cnc(C(F)(F)F)cn4)C3)nc2N1C. The molecule has 0 bridgehead atoms. The third-order valence-corrected chi connectivity index (χ3v) is 5.92. The van der Waals surface area contributed by atoms with Crippen LogP contribution in [0.4, 0.5) is 36.4 Å². The maximum Gasteiger partial charge on any atom is 0.434 e. The number of carbonyl (C=O) groups is 1. The van der Waals surface area contributed by atoms with Crippen molar-refractivity contribution >= 4 is 29.2 Å². The Morgan fingerprint density at radius 3 is 2.48 bits per heavy atom. The molecule has 0 unspecified atom stereocenters. The summed E-state index contributed by atoms with van der Waals surface area (Å²) in [7, 11) is 3.35. The van der Waals surface area contributed by atoms with E-state index in [1.807, 2.05) is 6.92 Å². The van der Waals surface area contributed by atoms with Gasteiger partial charge in [0.15, 0.2) is 11.5 Å². The van der Waals surface area contributed by atoms with Crippen LogP contribution in [0.1, 0.15) is 31.2 Å². The number of fused-ring (bicyclic) bond motifs is 1. The van der Waals surface area contributed by atoms with E-state index in [4.69, 9.17) is 4.74 Å². The molecule has 10 nitrogen and oxygen atoms in total. The van der Waals surface area contributed by atoms with Crippen molar-refractivity contribution in [3.63, 3.8) is 0 Å². The molecule has 0 radical (unpaired) electrons. The van der Waals surface area contributed by atoms with Crippen molar-refractivity contribution in [1.29, 1.82) is 0 Å². The Morgan fingerprint density at radius 1 is 1.18 bits per heavy atom. The number of hydrogen-bond donors (Lipinski definition) is 3. The Hall–Kier alpha value is -3.22. The topological polar surface area (TPSA) is 117 Å². The summed E-state index contributed by atoms with van der Waals surface area (Å²) in [4.78, 5) is 30.6. The fraction of sp³-hybridized carbons (Fsp3) is 0.550. The van der Waals surface area contributed by atoms with E-state index in [0.29, 0.717) is 48.0 Å². The minimum absolute atomic E-state index is 0.0427. The number of anilines is 4. The highest BCUT2D eigenvalue weighted by Crippen LogP contribution is 2.34. The monoisotopic (exact) mass is 466 g/mol. The summed E-state index contributed by atoms with van der Waals surface area (Å²) in [6, 6.07) is -0.396. The van der Waals surface area contributed by atoms with Crippen molar-refractivity contribution in [2.24, 2.45) is 0 Å². The van der Waals surface area contributed by atoms with Gasteiger partial charge in [0.1, 0.15) is 17.5 Å². The third kappa shape index (κ3) is 4.63. The number of alkyl halides is 3. The maximum absolute atomic E-state index is 12.6. The van der Waals surface area contributed by atoms with E-state index in [2.05, 4.69) is 35.9 Å². The van der Waals surface area contributed by atoms with E-state index in [1.165, 1.54) is 0 Å². The number of carbonyl (C=O) groups excluding carboxylic acids is 1. The summed E-state index contributed by atoms with van der Waals surface area (Å²) in [5.74, 6) is 1.16. The zero-order valence-corrected chi connectivity index (χ0v) is 18.6. The molecule has 0 aromatic carbocycles. The lowest BCUT2D eigenvalue weighted by Crippen LogP contribution is -2.53. The maximum atomic E-state index is 12.6. The highest BCUT2D eigenvalue weighted by molar-refractivity contribution is 6.03. The van der Waals surface area contributed by atoms with Crippen LogP contribution in [0.2, 0.25) is 0 Å². The van der Waals surface area contributed by atoms with Gasteiger partial charge in [-0.05, 0) is 26.7 Å². The molecule has 0 saturated heterocycles. The minimum Gasteiger partial charge on any atom is -0.379 e. The van der Waals surface area contributed by atoms with Crippen molar-refractivity contribution < 1.29 is 22.7 Å². The average molecular weight is 466 g/mol. The number of methoxy groups -OCH3 is 1. The number of nitrogens with one attached hydrogen (secondary N) is 3. The molecule has 2 atom stereocenters. The van der Waals surface area contributed by atoms with Crippen molar-refractivity contribution in [2.75, 3.05) is 35.0 Å². The van der Waals surface area contributed by atoms with E-state index in [0.717, 1.165) is 6.20 Å². The molecule has 1 aliphatic heterocycles. The highest BCUT2D eigenvalue weighted by Gasteiger charge is 2.38. The molecular formula is C20H25F3N8O2. The summed E-state index contributed by atoms with van der Waals surface area (Å²) in [5.41, 5.74) is 0.186. The highest BCUT2D eigenvalue weighted by atomic mass is 19.4. The summed E-state index contributed by atoms with van der Waals surface area (Å²) in [6.07, 6.45) is -1.63. The molecule has 2 aromatic heterocycles. The molecule has 13 heteroatoms. The van der Waals surface area contributed by atoms with Gasteiger partial charge in [-0.1, -0.05) is 0 Å². The number of ether oxygens (including phenoxy) is 1. The lowest BCUT2D eigenvalue weighted by Gasteiger charge is -2.38. The minimum atomic E-state index is -4.51. The van der Waals surface area contributed by atoms with Gasteiger partial charge in [0.2, 0.25) is 11.9 Å². The molecule has 2 aliphatic rings. The number of hydrogen-bond acceptors (Lipinski definition) is 9. The molecule has 3 N–H and O–H groups in total. The molecule has 1 amide bonds. The van der Waals surface area contributed by atoms with E-state index in [-0.39, 0.29) is 24.1 Å². The van der Waals surface area contributed by atoms with Crippen molar-refractivity contribution in [2.45, 2.75) is 57.1 Å². The van der Waals surface area contributed by atoms with Gasteiger partial charge in [-0.25, -0.2) is 15.0 Å². The largest absolute Gasteiger partial charge is 0.434 e. The van der Waals surface area contributed by atoms with Gasteiger partial charge < -0.3 is 25.6 Å². The van der Waals surface area contributed by atoms with Gasteiger partial charge in [-0.2, -0.15) is 18.2 Å². The zero-order chi connectivity index (χ0) is 23.9. The van der Waals surface area contributed by atoms with Crippen LogP contribution in [-0.4, -0.2) is 64.2 Å². The number of amides is 1. The van der Waals surface area contributed by atoms with Crippen LogP contribution in [0, 0.1) is 6.92 Å². The van der Waals surface area contributed by atoms with E-state index >= 15 is 0 Å². The number of rotatable bonds is 6. The molecule has 33 heavy (non-hydrogen) atoms. The lowest BCUT2D eigenvalue weighted by atomic mass is 9.87. The van der Waals surface area contributed by atoms with Crippen LogP contribution < -0.4 is 20.9 Å². The average Bonchev–Trinajstić information content (AvgIpc) is 2.72. The number of aryl methyl sites for hydroxylation is 1. The molecular weight excluding hydrogens is 441 g/mol. The Labute approximate surface area is 188 Å². The Balaban J connectivity index is 1.38. The quantitative estimate of drug-likeness (QED) is 0.590. The molecule has 0 spiro atoms. The first-order valence-corrected chi connectivity index (χ1v) is 10.4. The standard InChI is InChI=1S/C20H25F3N8O2/c1-9-15-17(31(3)16(10(2)33-4)18(32)29-15)30-19(26-9)28-12-5-11(6-12)27-14-8-24-13(7-25-14)20(21,22)23/h7-8,10-12,16H,5-6H2,1-4H3,(H,25,27)(H,29,32)(H,26,28,30)/t10-,11-,12+,16+/m1/s1. The van der Waals surface area contributed by atoms with Crippen LogP contribution in [0.3, 0.4) is 0 Å². The first kappa shape index (κ1) is 23.0. The lowest BCUT2D eigenvalue weighted by molar-refractivity contribution is -0.141. The second-order valence-corrected chi connectivity index (χ2v) is 8.26. The summed E-state index contributed by atoms with van der Waals surface area (Å²) >= 11 is 0. The van der Waals surface area contributed by atoms with Gasteiger partial charge in [-0.3, -0.25) is 4.79 Å². The van der Waals surface area contributed by atoms with Gasteiger partial charge in [0, 0.05) is 26.2 Å². The van der Waals surface area contributed by atoms with Crippen LogP contribution in [0.5, 0.6) is 0 Å². The van der Waals surface area contributed by atoms with Gasteiger partial charge in [0.05, 0.1) is 24.2 Å². The summed E-state index contributed by atoms with van der Waals surface area (Å²) in [5, 5.41) is 9.24. The number of halogens is 3. The second-order valence-electron chi connectivity index (χ2n) is 8.26. The molecule has 3 heterocycles. The number of likely N-dealkylation sites (N-methyl/N-ethyl adjacent to an activating group) is 1. The number of nitrogens with zero attached hydrogens (tertiary/aromatic N) is 5. The molecule has 178 valence electrons. The Bertz CT molecular complexity index is 1030. The third-order valence-electron chi connectivity index (χ3n) is 5.92. The first-order valence-electron chi connectivity index (χ1n) is 10.4. The van der Waals surface area contributed by atoms with Gasteiger partial charge in [0.25, 0.3) is 0 Å². The normalized spacial score (nSPS) is 23.3. The van der Waals surface area contributed by atoms with Crippen LogP contribution in [-0.2, 0) is 15.7 Å². The first-order chi connectivity index (χ1) is 15.6. The molecule has 1 saturated carbocycles. The number of aromatic nitrogens is 4. The van der Waals surface area contributed by atoms with E-state index in [9.17, 15) is 18.0 Å². The van der Waals surface area contributed by atoms with E-state index in [1.54, 1.807) is 26.0 Å².